The molecule has 0 atom stereocenters. The van der Waals surface area contributed by atoms with E-state index < -0.39 is 0 Å². The summed E-state index contributed by atoms with van der Waals surface area (Å²) in [5, 5.41) is 12.3. The van der Waals surface area contributed by atoms with Gasteiger partial charge in [0.1, 0.15) is 0 Å². The van der Waals surface area contributed by atoms with Crippen molar-refractivity contribution < 1.29 is 5.11 Å². The monoisotopic (exact) mass is 240 g/mol. The second-order valence-electron chi connectivity index (χ2n) is 5.42. The highest BCUT2D eigenvalue weighted by molar-refractivity contribution is 5.01. The lowest BCUT2D eigenvalue weighted by Gasteiger charge is -2.38. The summed E-state index contributed by atoms with van der Waals surface area (Å²) in [6.45, 7) is 11.6. The van der Waals surface area contributed by atoms with Gasteiger partial charge in [-0.2, -0.15) is 0 Å². The number of hydrogen-bond donors (Lipinski definition) is 2. The molecule has 3 heteroatoms. The molecule has 0 heterocycles. The van der Waals surface area contributed by atoms with E-state index in [2.05, 4.69) is 30.6 Å². The van der Waals surface area contributed by atoms with Crippen LogP contribution in [0.1, 0.15) is 39.5 Å². The summed E-state index contributed by atoms with van der Waals surface area (Å²) in [5.74, 6) is 0. The zero-order valence-electron chi connectivity index (χ0n) is 11.4. The van der Waals surface area contributed by atoms with Crippen LogP contribution in [0.2, 0.25) is 0 Å². The lowest BCUT2D eigenvalue weighted by molar-refractivity contribution is 0.126. The van der Waals surface area contributed by atoms with Crippen LogP contribution in [-0.4, -0.2) is 48.3 Å². The van der Waals surface area contributed by atoms with Crippen LogP contribution >= 0.6 is 0 Å². The van der Waals surface area contributed by atoms with Crippen LogP contribution < -0.4 is 5.32 Å². The first-order chi connectivity index (χ1) is 8.13. The van der Waals surface area contributed by atoms with Gasteiger partial charge in [-0.25, -0.2) is 0 Å². The molecular formula is C14H28N2O. The Morgan fingerprint density at radius 2 is 2.18 bits per heavy atom. The van der Waals surface area contributed by atoms with Gasteiger partial charge in [-0.3, -0.25) is 4.90 Å². The van der Waals surface area contributed by atoms with Gasteiger partial charge in [0.25, 0.3) is 0 Å². The lowest BCUT2D eigenvalue weighted by atomic mass is 9.91. The molecule has 1 fully saturated rings. The quantitative estimate of drug-likeness (QED) is 0.603. The topological polar surface area (TPSA) is 35.5 Å². The molecule has 1 aliphatic carbocycles. The van der Waals surface area contributed by atoms with Crippen molar-refractivity contribution in [3.63, 3.8) is 0 Å². The number of aliphatic hydroxyl groups is 1. The van der Waals surface area contributed by atoms with Crippen molar-refractivity contribution in [3.05, 3.63) is 12.2 Å². The average Bonchev–Trinajstić information content (AvgIpc) is 2.20. The molecule has 0 radical (unpaired) electrons. The minimum atomic E-state index is 0.292. The summed E-state index contributed by atoms with van der Waals surface area (Å²) in [7, 11) is 0. The number of rotatable bonds is 9. The van der Waals surface area contributed by atoms with Crippen LogP contribution in [0.25, 0.3) is 0 Å². The Kier molecular flexibility index (Phi) is 6.78. The third-order valence-electron chi connectivity index (χ3n) is 3.38. The van der Waals surface area contributed by atoms with E-state index in [4.69, 9.17) is 5.11 Å². The van der Waals surface area contributed by atoms with E-state index >= 15 is 0 Å². The summed E-state index contributed by atoms with van der Waals surface area (Å²) >= 11 is 0. The van der Waals surface area contributed by atoms with Crippen molar-refractivity contribution in [2.75, 3.05) is 26.2 Å². The summed E-state index contributed by atoms with van der Waals surface area (Å²) in [6.07, 6.45) is 4.87. The largest absolute Gasteiger partial charge is 0.396 e. The molecule has 2 N–H and O–H groups in total. The Bertz CT molecular complexity index is 224. The number of aliphatic hydroxyl groups excluding tert-OH is 1. The average molecular weight is 240 g/mol. The highest BCUT2D eigenvalue weighted by Gasteiger charge is 2.24. The maximum absolute atomic E-state index is 8.94. The fourth-order valence-electron chi connectivity index (χ4n) is 2.11. The zero-order valence-corrected chi connectivity index (χ0v) is 11.4. The second-order valence-corrected chi connectivity index (χ2v) is 5.42. The van der Waals surface area contributed by atoms with Crippen LogP contribution in [0.3, 0.4) is 0 Å². The normalized spacial score (nSPS) is 16.5. The van der Waals surface area contributed by atoms with Crippen molar-refractivity contribution in [2.45, 2.75) is 51.6 Å². The van der Waals surface area contributed by atoms with Gasteiger partial charge in [0, 0.05) is 38.3 Å². The fourth-order valence-corrected chi connectivity index (χ4v) is 2.11. The Morgan fingerprint density at radius 1 is 1.47 bits per heavy atom. The molecule has 100 valence electrons. The van der Waals surface area contributed by atoms with Crippen LogP contribution in [-0.2, 0) is 0 Å². The van der Waals surface area contributed by atoms with E-state index in [1.165, 1.54) is 24.8 Å². The van der Waals surface area contributed by atoms with Gasteiger partial charge >= 0.3 is 0 Å². The van der Waals surface area contributed by atoms with Gasteiger partial charge in [-0.1, -0.05) is 26.8 Å². The minimum Gasteiger partial charge on any atom is -0.396 e. The van der Waals surface area contributed by atoms with Gasteiger partial charge in [-0.05, 0) is 24.8 Å². The summed E-state index contributed by atoms with van der Waals surface area (Å²) in [5.41, 5.74) is 1.25. The van der Waals surface area contributed by atoms with E-state index in [1.807, 2.05) is 0 Å². The summed E-state index contributed by atoms with van der Waals surface area (Å²) in [6, 6.07) is 1.25. The van der Waals surface area contributed by atoms with Gasteiger partial charge in [0.15, 0.2) is 0 Å². The van der Waals surface area contributed by atoms with E-state index in [9.17, 15) is 0 Å². The Balaban J connectivity index is 2.28. The first kappa shape index (κ1) is 14.7. The zero-order chi connectivity index (χ0) is 12.7. The van der Waals surface area contributed by atoms with Crippen molar-refractivity contribution in [2.24, 2.45) is 0 Å². The van der Waals surface area contributed by atoms with Crippen LogP contribution in [0.15, 0.2) is 12.2 Å². The van der Waals surface area contributed by atoms with Crippen LogP contribution in [0, 0.1) is 0 Å². The molecule has 17 heavy (non-hydrogen) atoms. The first-order valence-electron chi connectivity index (χ1n) is 6.88. The molecule has 0 aromatic rings. The van der Waals surface area contributed by atoms with Crippen molar-refractivity contribution in [1.82, 2.24) is 10.2 Å². The SMILES string of the molecule is C=C(CNC(C)C)CN(CCCO)C1CCC1. The van der Waals surface area contributed by atoms with Crippen molar-refractivity contribution in [3.8, 4) is 0 Å². The molecule has 0 aromatic heterocycles. The van der Waals surface area contributed by atoms with Gasteiger partial charge in [0.05, 0.1) is 0 Å². The highest BCUT2D eigenvalue weighted by atomic mass is 16.3. The second kappa shape index (κ2) is 7.85. The molecule has 0 bridgehead atoms. The lowest BCUT2D eigenvalue weighted by Crippen LogP contribution is -2.43. The summed E-state index contributed by atoms with van der Waals surface area (Å²) in [4.78, 5) is 2.49. The number of nitrogens with zero attached hydrogens (tertiary/aromatic N) is 1. The smallest absolute Gasteiger partial charge is 0.0443 e. The number of hydrogen-bond acceptors (Lipinski definition) is 3. The van der Waals surface area contributed by atoms with E-state index in [0.29, 0.717) is 12.6 Å². The molecule has 1 aliphatic rings. The molecule has 0 aromatic carbocycles. The summed E-state index contributed by atoms with van der Waals surface area (Å²) < 4.78 is 0. The molecule has 3 nitrogen and oxygen atoms in total. The van der Waals surface area contributed by atoms with E-state index in [0.717, 1.165) is 32.1 Å². The third-order valence-corrected chi connectivity index (χ3v) is 3.38. The molecular weight excluding hydrogens is 212 g/mol. The minimum absolute atomic E-state index is 0.292. The predicted molar refractivity (Wildman–Crippen MR) is 73.2 cm³/mol. The molecule has 1 saturated carbocycles. The Morgan fingerprint density at radius 3 is 2.65 bits per heavy atom. The maximum atomic E-state index is 8.94. The van der Waals surface area contributed by atoms with Gasteiger partial charge < -0.3 is 10.4 Å². The third kappa shape index (κ3) is 5.66. The Hall–Kier alpha value is -0.380. The van der Waals surface area contributed by atoms with Crippen LogP contribution in [0.4, 0.5) is 0 Å². The fraction of sp³-hybridized carbons (Fsp3) is 0.857. The molecule has 0 spiro atoms. The maximum Gasteiger partial charge on any atom is 0.0443 e. The highest BCUT2D eigenvalue weighted by Crippen LogP contribution is 2.25. The molecule has 0 aliphatic heterocycles. The first-order valence-corrected chi connectivity index (χ1v) is 6.88. The van der Waals surface area contributed by atoms with Crippen LogP contribution in [0.5, 0.6) is 0 Å². The Labute approximate surface area is 106 Å². The number of nitrogens with one attached hydrogen (secondary N) is 1. The predicted octanol–water partition coefficient (Wildman–Crippen LogP) is 1.78. The van der Waals surface area contributed by atoms with Crippen molar-refractivity contribution in [1.29, 1.82) is 0 Å². The molecule has 0 amide bonds. The van der Waals surface area contributed by atoms with Gasteiger partial charge in [0.2, 0.25) is 0 Å². The molecule has 0 saturated heterocycles. The standard InChI is InChI=1S/C14H28N2O/c1-12(2)15-10-13(3)11-16(8-5-9-17)14-6-4-7-14/h12,14-15,17H,3-11H2,1-2H3. The van der Waals surface area contributed by atoms with Gasteiger partial charge in [-0.15, -0.1) is 0 Å². The van der Waals surface area contributed by atoms with E-state index in [1.54, 1.807) is 0 Å². The molecule has 1 rings (SSSR count). The molecule has 0 unspecified atom stereocenters. The van der Waals surface area contributed by atoms with E-state index in [-0.39, 0.29) is 0 Å². The van der Waals surface area contributed by atoms with Crippen molar-refractivity contribution >= 4 is 0 Å².